The van der Waals surface area contributed by atoms with Crippen LogP contribution in [-0.4, -0.2) is 36.8 Å². The zero-order chi connectivity index (χ0) is 11.1. The van der Waals surface area contributed by atoms with Crippen molar-refractivity contribution in [2.75, 3.05) is 25.5 Å². The second-order valence-electron chi connectivity index (χ2n) is 4.44. The van der Waals surface area contributed by atoms with Crippen LogP contribution >= 0.6 is 11.8 Å². The molecular weight excluding hydrogens is 206 g/mol. The first-order valence-corrected chi connectivity index (χ1v) is 7.25. The lowest BCUT2D eigenvalue weighted by atomic mass is 10.0. The Morgan fingerprint density at radius 3 is 2.60 bits per heavy atom. The fraction of sp³-hybridized carbons (Fsp3) is 1.00. The molecule has 0 aliphatic carbocycles. The van der Waals surface area contributed by atoms with E-state index in [1.165, 1.54) is 18.6 Å². The van der Waals surface area contributed by atoms with Gasteiger partial charge in [-0.1, -0.05) is 27.2 Å². The summed E-state index contributed by atoms with van der Waals surface area (Å²) >= 11 is 2.08. The average molecular weight is 231 g/mol. The first kappa shape index (κ1) is 13.3. The van der Waals surface area contributed by atoms with Gasteiger partial charge < -0.3 is 10.1 Å². The molecule has 3 heteroatoms. The Bertz CT molecular complexity index is 162. The van der Waals surface area contributed by atoms with E-state index < -0.39 is 0 Å². The zero-order valence-corrected chi connectivity index (χ0v) is 11.1. The summed E-state index contributed by atoms with van der Waals surface area (Å²) in [7, 11) is 0. The van der Waals surface area contributed by atoms with E-state index in [0.717, 1.165) is 30.9 Å². The van der Waals surface area contributed by atoms with Gasteiger partial charge in [-0.3, -0.25) is 0 Å². The summed E-state index contributed by atoms with van der Waals surface area (Å²) in [5, 5.41) is 4.43. The van der Waals surface area contributed by atoms with E-state index in [4.69, 9.17) is 4.74 Å². The molecule has 0 aromatic heterocycles. The van der Waals surface area contributed by atoms with Crippen LogP contribution in [0.1, 0.15) is 33.6 Å². The van der Waals surface area contributed by atoms with Crippen LogP contribution in [0.15, 0.2) is 0 Å². The number of rotatable bonds is 8. The zero-order valence-electron chi connectivity index (χ0n) is 10.3. The molecule has 0 bridgehead atoms. The number of ether oxygens (including phenoxy) is 1. The van der Waals surface area contributed by atoms with Crippen LogP contribution in [0.2, 0.25) is 0 Å². The summed E-state index contributed by atoms with van der Waals surface area (Å²) in [4.78, 5) is 0. The summed E-state index contributed by atoms with van der Waals surface area (Å²) in [5.41, 5.74) is 0. The lowest BCUT2D eigenvalue weighted by molar-refractivity contribution is 0.0454. The smallest absolute Gasteiger partial charge is 0.0607 e. The second kappa shape index (κ2) is 7.53. The monoisotopic (exact) mass is 231 g/mol. The van der Waals surface area contributed by atoms with E-state index in [9.17, 15) is 0 Å². The Kier molecular flexibility index (Phi) is 6.69. The van der Waals surface area contributed by atoms with Crippen LogP contribution < -0.4 is 5.32 Å². The summed E-state index contributed by atoms with van der Waals surface area (Å²) < 4.78 is 5.19. The molecule has 0 radical (unpaired) electrons. The molecule has 0 amide bonds. The maximum atomic E-state index is 5.19. The molecule has 1 heterocycles. The van der Waals surface area contributed by atoms with Crippen molar-refractivity contribution >= 4 is 11.8 Å². The van der Waals surface area contributed by atoms with Crippen molar-refractivity contribution in [1.29, 1.82) is 0 Å². The van der Waals surface area contributed by atoms with Gasteiger partial charge in [0.15, 0.2) is 0 Å². The molecule has 90 valence electrons. The predicted molar refractivity (Wildman–Crippen MR) is 68.6 cm³/mol. The van der Waals surface area contributed by atoms with Crippen LogP contribution in [-0.2, 0) is 4.74 Å². The molecule has 2 unspecified atom stereocenters. The summed E-state index contributed by atoms with van der Waals surface area (Å²) in [5.74, 6) is 2.02. The van der Waals surface area contributed by atoms with Crippen LogP contribution in [0.25, 0.3) is 0 Å². The Balaban J connectivity index is 2.20. The molecular formula is C12H25NOS. The van der Waals surface area contributed by atoms with Gasteiger partial charge >= 0.3 is 0 Å². The van der Waals surface area contributed by atoms with Crippen molar-refractivity contribution in [1.82, 2.24) is 5.32 Å². The normalized spacial score (nSPS) is 21.0. The van der Waals surface area contributed by atoms with Gasteiger partial charge in [0.25, 0.3) is 0 Å². The van der Waals surface area contributed by atoms with Gasteiger partial charge in [0.2, 0.25) is 0 Å². The molecule has 1 fully saturated rings. The highest BCUT2D eigenvalue weighted by molar-refractivity contribution is 8.00. The van der Waals surface area contributed by atoms with Crippen LogP contribution in [0.5, 0.6) is 0 Å². The van der Waals surface area contributed by atoms with Crippen molar-refractivity contribution < 1.29 is 4.74 Å². The highest BCUT2D eigenvalue weighted by Gasteiger charge is 2.22. The minimum absolute atomic E-state index is 0.681. The fourth-order valence-electron chi connectivity index (χ4n) is 1.59. The van der Waals surface area contributed by atoms with Crippen molar-refractivity contribution in [3.8, 4) is 0 Å². The van der Waals surface area contributed by atoms with E-state index in [2.05, 4.69) is 37.8 Å². The van der Waals surface area contributed by atoms with E-state index in [1.54, 1.807) is 0 Å². The molecule has 0 aromatic carbocycles. The molecule has 1 aliphatic heterocycles. The first-order chi connectivity index (χ1) is 7.27. The van der Waals surface area contributed by atoms with Crippen molar-refractivity contribution in [3.63, 3.8) is 0 Å². The molecule has 15 heavy (non-hydrogen) atoms. The predicted octanol–water partition coefficient (Wildman–Crippen LogP) is 2.53. The Morgan fingerprint density at radius 2 is 2.13 bits per heavy atom. The fourth-order valence-corrected chi connectivity index (χ4v) is 2.90. The number of hydrogen-bond donors (Lipinski definition) is 1. The van der Waals surface area contributed by atoms with Gasteiger partial charge in [-0.15, -0.1) is 0 Å². The van der Waals surface area contributed by atoms with Crippen LogP contribution in [0.3, 0.4) is 0 Å². The first-order valence-electron chi connectivity index (χ1n) is 6.20. The van der Waals surface area contributed by atoms with Gasteiger partial charge in [0.05, 0.1) is 18.5 Å². The molecule has 1 N–H and O–H groups in total. The maximum absolute atomic E-state index is 5.19. The molecule has 0 aromatic rings. The minimum atomic E-state index is 0.681. The largest absolute Gasteiger partial charge is 0.379 e. The van der Waals surface area contributed by atoms with Gasteiger partial charge in [0.1, 0.15) is 0 Å². The third-order valence-electron chi connectivity index (χ3n) is 3.11. The molecule has 1 rings (SSSR count). The molecule has 2 atom stereocenters. The molecule has 1 saturated heterocycles. The lowest BCUT2D eigenvalue weighted by Crippen LogP contribution is -2.40. The maximum Gasteiger partial charge on any atom is 0.0607 e. The lowest BCUT2D eigenvalue weighted by Gasteiger charge is -2.29. The molecule has 1 aliphatic rings. The topological polar surface area (TPSA) is 21.3 Å². The average Bonchev–Trinajstić information content (AvgIpc) is 2.19. The minimum Gasteiger partial charge on any atom is -0.379 e. The van der Waals surface area contributed by atoms with E-state index in [1.807, 2.05) is 0 Å². The summed E-state index contributed by atoms with van der Waals surface area (Å²) in [6.45, 7) is 9.94. The second-order valence-corrected chi connectivity index (χ2v) is 5.77. The highest BCUT2D eigenvalue weighted by atomic mass is 32.2. The van der Waals surface area contributed by atoms with Crippen molar-refractivity contribution in [2.24, 2.45) is 5.92 Å². The molecule has 2 nitrogen and oxygen atoms in total. The van der Waals surface area contributed by atoms with Crippen LogP contribution in [0, 0.1) is 5.92 Å². The van der Waals surface area contributed by atoms with Crippen molar-refractivity contribution in [2.45, 2.75) is 44.9 Å². The van der Waals surface area contributed by atoms with E-state index in [-0.39, 0.29) is 0 Å². The van der Waals surface area contributed by atoms with E-state index in [0.29, 0.717) is 6.04 Å². The standard InChI is InChI=1S/C12H25NOS/c1-4-6-13-12(10(3)5-2)9-15-11-7-14-8-11/h10-13H,4-9H2,1-3H3. The van der Waals surface area contributed by atoms with Gasteiger partial charge in [-0.2, -0.15) is 11.8 Å². The third-order valence-corrected chi connectivity index (χ3v) is 4.40. The number of hydrogen-bond acceptors (Lipinski definition) is 3. The highest BCUT2D eigenvalue weighted by Crippen LogP contribution is 2.22. The Morgan fingerprint density at radius 1 is 1.40 bits per heavy atom. The Labute approximate surface area is 98.5 Å². The third kappa shape index (κ3) is 4.75. The quantitative estimate of drug-likeness (QED) is 0.693. The van der Waals surface area contributed by atoms with Crippen LogP contribution in [0.4, 0.5) is 0 Å². The number of nitrogens with one attached hydrogen (secondary N) is 1. The summed E-state index contributed by atoms with van der Waals surface area (Å²) in [6, 6.07) is 0.681. The van der Waals surface area contributed by atoms with E-state index >= 15 is 0 Å². The number of thioether (sulfide) groups is 1. The summed E-state index contributed by atoms with van der Waals surface area (Å²) in [6.07, 6.45) is 2.49. The molecule has 0 spiro atoms. The van der Waals surface area contributed by atoms with Gasteiger partial charge in [-0.25, -0.2) is 0 Å². The van der Waals surface area contributed by atoms with Gasteiger partial charge in [0, 0.05) is 11.8 Å². The Hall–Kier alpha value is 0.270. The SMILES string of the molecule is CCCNC(CSC1COC1)C(C)CC. The van der Waals surface area contributed by atoms with Crippen molar-refractivity contribution in [3.05, 3.63) is 0 Å². The van der Waals surface area contributed by atoms with Gasteiger partial charge in [-0.05, 0) is 18.9 Å². The molecule has 0 saturated carbocycles.